The molecule has 1 saturated heterocycles. The van der Waals surface area contributed by atoms with Crippen molar-refractivity contribution >= 4 is 23.4 Å². The number of carbonyl (C=O) groups is 3. The Labute approximate surface area is 149 Å². The van der Waals surface area contributed by atoms with Crippen LogP contribution < -0.4 is 10.6 Å². The van der Waals surface area contributed by atoms with E-state index >= 15 is 0 Å². The van der Waals surface area contributed by atoms with Crippen LogP contribution in [0.3, 0.4) is 0 Å². The maximum atomic E-state index is 12.2. The fraction of sp³-hybridized carbons (Fsp3) is 0.526. The molecule has 0 aromatic heterocycles. The molecule has 1 aromatic rings. The van der Waals surface area contributed by atoms with Crippen molar-refractivity contribution in [2.45, 2.75) is 40.0 Å². The highest BCUT2D eigenvalue weighted by atomic mass is 16.2. The van der Waals surface area contributed by atoms with Crippen molar-refractivity contribution in [2.75, 3.05) is 25.0 Å². The molecule has 1 aliphatic rings. The van der Waals surface area contributed by atoms with Gasteiger partial charge in [-0.2, -0.15) is 0 Å². The van der Waals surface area contributed by atoms with E-state index in [-0.39, 0.29) is 17.7 Å². The third-order valence-electron chi connectivity index (χ3n) is 4.15. The maximum Gasteiger partial charge on any atom is 0.251 e. The van der Waals surface area contributed by atoms with Gasteiger partial charge in [0.05, 0.1) is 0 Å². The van der Waals surface area contributed by atoms with E-state index in [1.54, 1.807) is 24.3 Å². The van der Waals surface area contributed by atoms with E-state index in [1.165, 1.54) is 0 Å². The predicted molar refractivity (Wildman–Crippen MR) is 97.3 cm³/mol. The Morgan fingerprint density at radius 1 is 1.12 bits per heavy atom. The van der Waals surface area contributed by atoms with Crippen molar-refractivity contribution in [3.63, 3.8) is 0 Å². The topological polar surface area (TPSA) is 78.5 Å². The fourth-order valence-corrected chi connectivity index (χ4v) is 2.57. The first kappa shape index (κ1) is 19.0. The van der Waals surface area contributed by atoms with Gasteiger partial charge < -0.3 is 15.5 Å². The molecule has 6 heteroatoms. The standard InChI is InChI=1S/C19H27N3O3/c1-19(2,3)18(25)21-15-8-6-7-14(13-15)17(24)20-10-9-16(23)22-11-4-5-12-22/h6-8,13H,4-5,9-12H2,1-3H3,(H,20,24)(H,21,25). The smallest absolute Gasteiger partial charge is 0.251 e. The Morgan fingerprint density at radius 2 is 1.80 bits per heavy atom. The van der Waals surface area contributed by atoms with Crippen molar-refractivity contribution in [1.29, 1.82) is 0 Å². The molecule has 25 heavy (non-hydrogen) atoms. The molecule has 0 radical (unpaired) electrons. The van der Waals surface area contributed by atoms with E-state index in [0.717, 1.165) is 25.9 Å². The summed E-state index contributed by atoms with van der Waals surface area (Å²) in [6.07, 6.45) is 2.43. The molecule has 0 atom stereocenters. The zero-order valence-corrected chi connectivity index (χ0v) is 15.2. The van der Waals surface area contributed by atoms with Crippen LogP contribution in [0.4, 0.5) is 5.69 Å². The number of nitrogens with one attached hydrogen (secondary N) is 2. The number of benzene rings is 1. The fourth-order valence-electron chi connectivity index (χ4n) is 2.57. The summed E-state index contributed by atoms with van der Waals surface area (Å²) in [5.74, 6) is -0.272. The molecule has 1 aliphatic heterocycles. The Hall–Kier alpha value is -2.37. The van der Waals surface area contributed by atoms with Crippen molar-refractivity contribution < 1.29 is 14.4 Å². The number of nitrogens with zero attached hydrogens (tertiary/aromatic N) is 1. The van der Waals surface area contributed by atoms with E-state index in [4.69, 9.17) is 0 Å². The zero-order chi connectivity index (χ0) is 18.4. The third-order valence-corrected chi connectivity index (χ3v) is 4.15. The molecule has 0 unspecified atom stereocenters. The van der Waals surface area contributed by atoms with Gasteiger partial charge in [0.25, 0.3) is 5.91 Å². The van der Waals surface area contributed by atoms with Crippen molar-refractivity contribution in [1.82, 2.24) is 10.2 Å². The van der Waals surface area contributed by atoms with E-state index < -0.39 is 5.41 Å². The van der Waals surface area contributed by atoms with E-state index in [1.807, 2.05) is 25.7 Å². The molecule has 1 aromatic carbocycles. The van der Waals surface area contributed by atoms with Gasteiger partial charge in [0, 0.05) is 42.7 Å². The molecule has 2 N–H and O–H groups in total. The van der Waals surface area contributed by atoms with E-state index in [9.17, 15) is 14.4 Å². The van der Waals surface area contributed by atoms with E-state index in [2.05, 4.69) is 10.6 Å². The number of amides is 3. The van der Waals surface area contributed by atoms with Crippen LogP contribution in [0.25, 0.3) is 0 Å². The van der Waals surface area contributed by atoms with Gasteiger partial charge >= 0.3 is 0 Å². The van der Waals surface area contributed by atoms with Gasteiger partial charge in [-0.05, 0) is 31.0 Å². The second kappa shape index (κ2) is 8.14. The number of hydrogen-bond donors (Lipinski definition) is 2. The molecule has 6 nitrogen and oxygen atoms in total. The van der Waals surface area contributed by atoms with Crippen LogP contribution in [0.5, 0.6) is 0 Å². The van der Waals surface area contributed by atoms with E-state index in [0.29, 0.717) is 24.2 Å². The van der Waals surface area contributed by atoms with Crippen molar-refractivity contribution in [3.8, 4) is 0 Å². The molecule has 0 aliphatic carbocycles. The summed E-state index contributed by atoms with van der Waals surface area (Å²) in [7, 11) is 0. The van der Waals surface area contributed by atoms with Crippen molar-refractivity contribution in [3.05, 3.63) is 29.8 Å². The molecule has 3 amide bonds. The largest absolute Gasteiger partial charge is 0.352 e. The lowest BCUT2D eigenvalue weighted by Crippen LogP contribution is -2.32. The normalized spacial score (nSPS) is 14.3. The van der Waals surface area contributed by atoms with Gasteiger partial charge in [0.15, 0.2) is 0 Å². The average Bonchev–Trinajstić information content (AvgIpc) is 3.08. The molecule has 0 saturated carbocycles. The van der Waals surface area contributed by atoms with Gasteiger partial charge in [-0.3, -0.25) is 14.4 Å². The summed E-state index contributed by atoms with van der Waals surface area (Å²) in [4.78, 5) is 38.1. The molecular weight excluding hydrogens is 318 g/mol. The second-order valence-electron chi connectivity index (χ2n) is 7.38. The highest BCUT2D eigenvalue weighted by Gasteiger charge is 2.21. The molecule has 0 spiro atoms. The first-order chi connectivity index (χ1) is 11.8. The van der Waals surface area contributed by atoms with Crippen LogP contribution in [0, 0.1) is 5.41 Å². The second-order valence-corrected chi connectivity index (χ2v) is 7.38. The monoisotopic (exact) mass is 345 g/mol. The molecule has 1 heterocycles. The molecular formula is C19H27N3O3. The number of anilines is 1. The summed E-state index contributed by atoms with van der Waals surface area (Å²) in [5.41, 5.74) is 0.537. The Kier molecular flexibility index (Phi) is 6.17. The molecule has 2 rings (SSSR count). The van der Waals surface area contributed by atoms with Crippen LogP contribution in [-0.4, -0.2) is 42.3 Å². The SMILES string of the molecule is CC(C)(C)C(=O)Nc1cccc(C(=O)NCCC(=O)N2CCCC2)c1. The number of rotatable bonds is 5. The minimum Gasteiger partial charge on any atom is -0.352 e. The first-order valence-electron chi connectivity index (χ1n) is 8.75. The zero-order valence-electron chi connectivity index (χ0n) is 15.2. The van der Waals surface area contributed by atoms with Gasteiger partial charge in [0.2, 0.25) is 11.8 Å². The maximum absolute atomic E-state index is 12.2. The summed E-state index contributed by atoms with van der Waals surface area (Å²) in [5, 5.41) is 5.57. The van der Waals surface area contributed by atoms with Crippen LogP contribution >= 0.6 is 0 Å². The minimum atomic E-state index is -0.506. The lowest BCUT2D eigenvalue weighted by Gasteiger charge is -2.18. The Morgan fingerprint density at radius 3 is 2.44 bits per heavy atom. The van der Waals surface area contributed by atoms with Crippen LogP contribution in [0.1, 0.15) is 50.4 Å². The van der Waals surface area contributed by atoms with Gasteiger partial charge in [0.1, 0.15) is 0 Å². The molecule has 0 bridgehead atoms. The molecule has 1 fully saturated rings. The van der Waals surface area contributed by atoms with Gasteiger partial charge in [-0.15, -0.1) is 0 Å². The van der Waals surface area contributed by atoms with Gasteiger partial charge in [-0.25, -0.2) is 0 Å². The highest BCUT2D eigenvalue weighted by molar-refractivity contribution is 5.98. The summed E-state index contributed by atoms with van der Waals surface area (Å²) >= 11 is 0. The van der Waals surface area contributed by atoms with Crippen LogP contribution in [-0.2, 0) is 9.59 Å². The Bertz CT molecular complexity index is 644. The Balaban J connectivity index is 1.86. The van der Waals surface area contributed by atoms with Crippen LogP contribution in [0.2, 0.25) is 0 Å². The number of hydrogen-bond acceptors (Lipinski definition) is 3. The number of carbonyl (C=O) groups excluding carboxylic acids is 3. The lowest BCUT2D eigenvalue weighted by molar-refractivity contribution is -0.130. The van der Waals surface area contributed by atoms with Gasteiger partial charge in [-0.1, -0.05) is 26.8 Å². The van der Waals surface area contributed by atoms with Crippen molar-refractivity contribution in [2.24, 2.45) is 5.41 Å². The molecule has 136 valence electrons. The minimum absolute atomic E-state index is 0.0870. The highest BCUT2D eigenvalue weighted by Crippen LogP contribution is 2.18. The van der Waals surface area contributed by atoms with Crippen LogP contribution in [0.15, 0.2) is 24.3 Å². The average molecular weight is 345 g/mol. The number of likely N-dealkylation sites (tertiary alicyclic amines) is 1. The predicted octanol–water partition coefficient (Wildman–Crippen LogP) is 2.41. The lowest BCUT2D eigenvalue weighted by atomic mass is 9.95. The summed E-state index contributed by atoms with van der Waals surface area (Å²) in [6.45, 7) is 7.44. The summed E-state index contributed by atoms with van der Waals surface area (Å²) in [6, 6.07) is 6.80. The first-order valence-corrected chi connectivity index (χ1v) is 8.75. The quantitative estimate of drug-likeness (QED) is 0.860. The summed E-state index contributed by atoms with van der Waals surface area (Å²) < 4.78 is 0. The third kappa shape index (κ3) is 5.59.